The fraction of sp³-hybridized carbons (Fsp3) is 0.273. The second kappa shape index (κ2) is 9.92. The number of quaternary nitrogens is 1. The summed E-state index contributed by atoms with van der Waals surface area (Å²) >= 11 is 6.23. The molecule has 4 rings (SSSR count). The molecule has 0 saturated carbocycles. The van der Waals surface area contributed by atoms with E-state index in [4.69, 9.17) is 16.3 Å². The van der Waals surface area contributed by atoms with Gasteiger partial charge in [-0.25, -0.2) is 0 Å². The van der Waals surface area contributed by atoms with Crippen molar-refractivity contribution < 1.29 is 27.3 Å². The lowest BCUT2D eigenvalue weighted by molar-refractivity contribution is -0.591. The largest absolute Gasteiger partial charge is 1.00 e. The predicted molar refractivity (Wildman–Crippen MR) is 114 cm³/mol. The first-order valence-electron chi connectivity index (χ1n) is 9.72. The molecule has 0 bridgehead atoms. The van der Waals surface area contributed by atoms with E-state index in [1.807, 2.05) is 35.6 Å². The molecule has 1 aromatic heterocycles. The third kappa shape index (κ3) is 4.88. The van der Waals surface area contributed by atoms with Crippen molar-refractivity contribution in [3.63, 3.8) is 0 Å². The molecule has 0 atom stereocenters. The van der Waals surface area contributed by atoms with E-state index >= 15 is 0 Å². The molecule has 0 amide bonds. The van der Waals surface area contributed by atoms with Crippen LogP contribution >= 0.6 is 11.6 Å². The topological polar surface area (TPSA) is 95.7 Å². The number of rotatable bonds is 5. The Labute approximate surface area is 191 Å². The van der Waals surface area contributed by atoms with Crippen molar-refractivity contribution in [2.24, 2.45) is 0 Å². The number of piperidine rings is 1. The molecule has 2 N–H and O–H groups in total. The predicted octanol–water partition coefficient (Wildman–Crippen LogP) is -0.268. The van der Waals surface area contributed by atoms with Crippen molar-refractivity contribution >= 4 is 39.8 Å². The van der Waals surface area contributed by atoms with Crippen LogP contribution < -0.4 is 27.4 Å². The number of hydrogen-bond acceptors (Lipinski definition) is 6. The summed E-state index contributed by atoms with van der Waals surface area (Å²) in [5, 5.41) is 22.6. The van der Waals surface area contributed by atoms with Crippen LogP contribution in [0.25, 0.3) is 10.8 Å². The van der Waals surface area contributed by atoms with Gasteiger partial charge in [0.05, 0.1) is 29.2 Å². The zero-order valence-corrected chi connectivity index (χ0v) is 18.5. The Balaban J connectivity index is 0.00000272. The maximum atomic E-state index is 11.6. The fourth-order valence-electron chi connectivity index (χ4n) is 3.63. The van der Waals surface area contributed by atoms with E-state index in [9.17, 15) is 10.1 Å². The summed E-state index contributed by atoms with van der Waals surface area (Å²) in [4.78, 5) is 13.7. The van der Waals surface area contributed by atoms with Crippen LogP contribution in [0.1, 0.15) is 24.0 Å². The highest BCUT2D eigenvalue weighted by atomic mass is 35.5. The third-order valence-electron chi connectivity index (χ3n) is 5.29. The number of ketones is 1. The van der Waals surface area contributed by atoms with Gasteiger partial charge in [-0.1, -0.05) is 16.7 Å². The highest BCUT2D eigenvalue weighted by molar-refractivity contribution is 6.32. The quantitative estimate of drug-likeness (QED) is 0.566. The SMILES string of the molecule is COc1ccc(C[NH2+]c2nnc(N3CCC(=O)CC3)c3ccc(C#N)cc23)cc1Cl.[Cl-]. The van der Waals surface area contributed by atoms with Crippen molar-refractivity contribution in [2.45, 2.75) is 19.4 Å². The summed E-state index contributed by atoms with van der Waals surface area (Å²) in [6, 6.07) is 13.4. The smallest absolute Gasteiger partial charge is 0.252 e. The van der Waals surface area contributed by atoms with E-state index in [0.717, 1.165) is 22.2 Å². The van der Waals surface area contributed by atoms with Crippen LogP contribution in [0, 0.1) is 11.3 Å². The Morgan fingerprint density at radius 3 is 2.61 bits per heavy atom. The van der Waals surface area contributed by atoms with Gasteiger partial charge in [-0.05, 0) is 36.4 Å². The number of carbonyl (C=O) groups excluding carboxylic acids is 1. The number of fused-ring (bicyclic) bond motifs is 1. The number of nitrogens with two attached hydrogens (primary N) is 1. The maximum absolute atomic E-state index is 11.6. The van der Waals surface area contributed by atoms with Crippen LogP contribution in [-0.4, -0.2) is 36.2 Å². The second-order valence-electron chi connectivity index (χ2n) is 7.18. The Bertz CT molecular complexity index is 1150. The van der Waals surface area contributed by atoms with Gasteiger partial charge in [-0.2, -0.15) is 5.26 Å². The number of benzene rings is 2. The first-order valence-corrected chi connectivity index (χ1v) is 10.1. The number of aromatic nitrogens is 2. The number of Topliss-reactive ketones (excluding diaryl/α,β-unsaturated/α-hetero) is 1. The highest BCUT2D eigenvalue weighted by Gasteiger charge is 2.22. The van der Waals surface area contributed by atoms with Gasteiger partial charge in [-0.3, -0.25) is 10.1 Å². The number of ether oxygens (including phenoxy) is 1. The summed E-state index contributed by atoms with van der Waals surface area (Å²) in [6.45, 7) is 1.88. The number of halogens is 2. The molecule has 1 fully saturated rings. The number of nitriles is 1. The zero-order chi connectivity index (χ0) is 21.1. The monoisotopic (exact) mass is 457 g/mol. The van der Waals surface area contributed by atoms with Gasteiger partial charge in [0.15, 0.2) is 5.82 Å². The number of carbonyl (C=O) groups is 1. The van der Waals surface area contributed by atoms with Crippen LogP contribution in [-0.2, 0) is 11.3 Å². The molecule has 31 heavy (non-hydrogen) atoms. The normalized spacial score (nSPS) is 13.6. The van der Waals surface area contributed by atoms with Crippen molar-refractivity contribution in [2.75, 3.05) is 25.1 Å². The average Bonchev–Trinajstić information content (AvgIpc) is 2.77. The van der Waals surface area contributed by atoms with Gasteiger partial charge in [-0.15, -0.1) is 5.10 Å². The van der Waals surface area contributed by atoms with Crippen LogP contribution in [0.3, 0.4) is 0 Å². The fourth-order valence-corrected chi connectivity index (χ4v) is 3.91. The molecule has 1 aliphatic rings. The molecule has 2 aromatic carbocycles. The molecule has 0 unspecified atom stereocenters. The molecule has 1 aliphatic heterocycles. The van der Waals surface area contributed by atoms with E-state index in [1.165, 1.54) is 0 Å². The molecule has 160 valence electrons. The molecule has 9 heteroatoms. The van der Waals surface area contributed by atoms with Gasteiger partial charge in [0.2, 0.25) is 0 Å². The summed E-state index contributed by atoms with van der Waals surface area (Å²) in [5.41, 5.74) is 1.59. The average molecular weight is 458 g/mol. The molecule has 1 saturated heterocycles. The lowest BCUT2D eigenvalue weighted by atomic mass is 10.1. The third-order valence-corrected chi connectivity index (χ3v) is 5.58. The molecular formula is C22H21Cl2N5O2. The Hall–Kier alpha value is -2.92. The maximum Gasteiger partial charge on any atom is 0.252 e. The molecule has 2 heterocycles. The summed E-state index contributed by atoms with van der Waals surface area (Å²) in [5.74, 6) is 2.38. The number of nitrogens with zero attached hydrogens (tertiary/aromatic N) is 4. The van der Waals surface area contributed by atoms with Gasteiger partial charge in [0.1, 0.15) is 18.1 Å². The van der Waals surface area contributed by atoms with Crippen LogP contribution in [0.5, 0.6) is 5.75 Å². The lowest BCUT2D eigenvalue weighted by Gasteiger charge is -2.27. The van der Waals surface area contributed by atoms with Gasteiger partial charge in [0.25, 0.3) is 5.82 Å². The van der Waals surface area contributed by atoms with Crippen molar-refractivity contribution in [1.82, 2.24) is 10.2 Å². The van der Waals surface area contributed by atoms with Crippen LogP contribution in [0.4, 0.5) is 11.6 Å². The lowest BCUT2D eigenvalue weighted by Crippen LogP contribution is -3.00. The zero-order valence-electron chi connectivity index (χ0n) is 16.9. The molecule has 0 radical (unpaired) electrons. The first kappa shape index (κ1) is 22.8. The van der Waals surface area contributed by atoms with E-state index in [1.54, 1.807) is 13.2 Å². The number of hydrogen-bond donors (Lipinski definition) is 1. The minimum absolute atomic E-state index is 0. The van der Waals surface area contributed by atoms with Gasteiger partial charge in [0, 0.05) is 36.9 Å². The standard InChI is InChI=1S/C22H20ClN5O2.ClH/c1-30-20-5-3-15(11-19(20)23)13-25-21-18-10-14(12-24)2-4-17(18)22(27-26-21)28-8-6-16(29)7-9-28;/h2-5,10-11H,6-9,13H2,1H3,(H,25,26);1H. The Morgan fingerprint density at radius 1 is 1.16 bits per heavy atom. The number of anilines is 1. The molecule has 7 nitrogen and oxygen atoms in total. The molecule has 0 aliphatic carbocycles. The first-order chi connectivity index (χ1) is 14.6. The summed E-state index contributed by atoms with van der Waals surface area (Å²) in [6.07, 6.45) is 1.04. The minimum Gasteiger partial charge on any atom is -1.00 e. The Kier molecular flexibility index (Phi) is 7.29. The molecule has 3 aromatic rings. The number of methoxy groups -OCH3 is 1. The summed E-state index contributed by atoms with van der Waals surface area (Å²) < 4.78 is 5.20. The van der Waals surface area contributed by atoms with E-state index in [2.05, 4.69) is 21.2 Å². The molecule has 0 spiro atoms. The van der Waals surface area contributed by atoms with Crippen LogP contribution in [0.2, 0.25) is 5.02 Å². The molecular weight excluding hydrogens is 437 g/mol. The highest BCUT2D eigenvalue weighted by Crippen LogP contribution is 2.29. The van der Waals surface area contributed by atoms with Crippen LogP contribution in [0.15, 0.2) is 36.4 Å². The van der Waals surface area contributed by atoms with E-state index in [-0.39, 0.29) is 18.2 Å². The summed E-state index contributed by atoms with van der Waals surface area (Å²) in [7, 11) is 1.58. The minimum atomic E-state index is 0. The van der Waals surface area contributed by atoms with Gasteiger partial charge >= 0.3 is 0 Å². The van der Waals surface area contributed by atoms with E-state index < -0.39 is 0 Å². The van der Waals surface area contributed by atoms with Crippen molar-refractivity contribution in [1.29, 1.82) is 5.26 Å². The van der Waals surface area contributed by atoms with Gasteiger partial charge < -0.3 is 22.0 Å². The van der Waals surface area contributed by atoms with E-state index in [0.29, 0.717) is 54.6 Å². The Morgan fingerprint density at radius 2 is 1.94 bits per heavy atom. The van der Waals surface area contributed by atoms with Crippen molar-refractivity contribution in [3.8, 4) is 11.8 Å². The second-order valence-corrected chi connectivity index (χ2v) is 7.59. The van der Waals surface area contributed by atoms with Crippen molar-refractivity contribution in [3.05, 3.63) is 52.5 Å².